The first-order chi connectivity index (χ1) is 8.93. The van der Waals surface area contributed by atoms with Gasteiger partial charge in [0.15, 0.2) is 0 Å². The molecule has 1 aliphatic heterocycles. The lowest BCUT2D eigenvalue weighted by atomic mass is 10.3. The molecule has 1 aliphatic rings. The van der Waals surface area contributed by atoms with Crippen LogP contribution in [0.5, 0.6) is 0 Å². The highest BCUT2D eigenvalue weighted by Gasteiger charge is 2.28. The number of thioether (sulfide) groups is 1. The zero-order valence-electron chi connectivity index (χ0n) is 9.78. The van der Waals surface area contributed by atoms with Crippen molar-refractivity contribution < 1.29 is 17.7 Å². The van der Waals surface area contributed by atoms with Gasteiger partial charge in [0.25, 0.3) is 0 Å². The first kappa shape index (κ1) is 14.2. The Hall–Kier alpha value is -1.19. The van der Waals surface area contributed by atoms with Crippen molar-refractivity contribution in [3.63, 3.8) is 0 Å². The van der Waals surface area contributed by atoms with Crippen LogP contribution in [0.3, 0.4) is 0 Å². The van der Waals surface area contributed by atoms with Gasteiger partial charge >= 0.3 is 5.69 Å². The van der Waals surface area contributed by atoms with E-state index in [1.165, 1.54) is 4.31 Å². The SMILES string of the molecule is O=[N+]([O-])c1ccc(S(=O)(=O)N2CCSCC2)cc1F. The van der Waals surface area contributed by atoms with E-state index in [4.69, 9.17) is 0 Å². The van der Waals surface area contributed by atoms with Gasteiger partial charge in [0.05, 0.1) is 9.82 Å². The van der Waals surface area contributed by atoms with Crippen molar-refractivity contribution in [3.05, 3.63) is 34.1 Å². The predicted molar refractivity (Wildman–Crippen MR) is 69.1 cm³/mol. The van der Waals surface area contributed by atoms with E-state index in [0.29, 0.717) is 30.7 Å². The summed E-state index contributed by atoms with van der Waals surface area (Å²) in [5, 5.41) is 10.5. The molecule has 0 spiro atoms. The Bertz CT molecular complexity index is 600. The second kappa shape index (κ2) is 5.43. The topological polar surface area (TPSA) is 80.5 Å². The van der Waals surface area contributed by atoms with Crippen molar-refractivity contribution in [2.45, 2.75) is 4.90 Å². The molecule has 0 atom stereocenters. The Morgan fingerprint density at radius 1 is 1.32 bits per heavy atom. The second-order valence-corrected chi connectivity index (χ2v) is 7.05. The fourth-order valence-electron chi connectivity index (χ4n) is 1.73. The molecule has 0 bridgehead atoms. The van der Waals surface area contributed by atoms with Gasteiger partial charge < -0.3 is 0 Å². The third kappa shape index (κ3) is 2.88. The highest BCUT2D eigenvalue weighted by atomic mass is 32.2. The van der Waals surface area contributed by atoms with Crippen LogP contribution in [0.2, 0.25) is 0 Å². The molecular weight excluding hydrogens is 295 g/mol. The molecule has 9 heteroatoms. The molecule has 0 radical (unpaired) electrons. The molecule has 1 heterocycles. The van der Waals surface area contributed by atoms with Crippen LogP contribution in [-0.4, -0.2) is 42.2 Å². The van der Waals surface area contributed by atoms with Crippen molar-refractivity contribution in [3.8, 4) is 0 Å². The molecule has 0 N–H and O–H groups in total. The fourth-order valence-corrected chi connectivity index (χ4v) is 4.32. The maximum absolute atomic E-state index is 13.5. The van der Waals surface area contributed by atoms with Gasteiger partial charge in [0.1, 0.15) is 0 Å². The number of benzene rings is 1. The molecule has 0 unspecified atom stereocenters. The van der Waals surface area contributed by atoms with Crippen LogP contribution < -0.4 is 0 Å². The zero-order valence-corrected chi connectivity index (χ0v) is 11.4. The molecule has 104 valence electrons. The quantitative estimate of drug-likeness (QED) is 0.624. The molecule has 1 fully saturated rings. The van der Waals surface area contributed by atoms with Crippen molar-refractivity contribution in [1.29, 1.82) is 0 Å². The first-order valence-corrected chi connectivity index (χ1v) is 8.04. The number of rotatable bonds is 3. The predicted octanol–water partition coefficient (Wildman–Crippen LogP) is 1.47. The maximum Gasteiger partial charge on any atom is 0.304 e. The van der Waals surface area contributed by atoms with E-state index in [-0.39, 0.29) is 4.90 Å². The number of halogens is 1. The van der Waals surface area contributed by atoms with Crippen molar-refractivity contribution in [1.82, 2.24) is 4.31 Å². The second-order valence-electron chi connectivity index (χ2n) is 3.89. The molecule has 0 aromatic heterocycles. The van der Waals surface area contributed by atoms with Crippen LogP contribution in [-0.2, 0) is 10.0 Å². The number of hydrogen-bond donors (Lipinski definition) is 0. The molecule has 1 aromatic rings. The molecule has 0 aliphatic carbocycles. The van der Waals surface area contributed by atoms with Crippen molar-refractivity contribution in [2.75, 3.05) is 24.6 Å². The number of sulfonamides is 1. The lowest BCUT2D eigenvalue weighted by Crippen LogP contribution is -2.37. The molecule has 0 amide bonds. The minimum Gasteiger partial charge on any atom is -0.258 e. The van der Waals surface area contributed by atoms with E-state index in [9.17, 15) is 22.9 Å². The summed E-state index contributed by atoms with van der Waals surface area (Å²) in [5.41, 5.74) is -0.729. The van der Waals surface area contributed by atoms with Gasteiger partial charge in [-0.2, -0.15) is 20.5 Å². The van der Waals surface area contributed by atoms with Crippen molar-refractivity contribution in [2.24, 2.45) is 0 Å². The normalized spacial score (nSPS) is 17.3. The van der Waals surface area contributed by atoms with Crippen LogP contribution in [0.25, 0.3) is 0 Å². The molecular formula is C10H11FN2O4S2. The van der Waals surface area contributed by atoms with E-state index < -0.39 is 26.5 Å². The van der Waals surface area contributed by atoms with Crippen LogP contribution >= 0.6 is 11.8 Å². The highest BCUT2D eigenvalue weighted by molar-refractivity contribution is 7.99. The van der Waals surface area contributed by atoms with Gasteiger partial charge in [-0.1, -0.05) is 0 Å². The zero-order chi connectivity index (χ0) is 14.0. The fraction of sp³-hybridized carbons (Fsp3) is 0.400. The average molecular weight is 306 g/mol. The summed E-state index contributed by atoms with van der Waals surface area (Å²) in [4.78, 5) is 9.35. The van der Waals surface area contributed by atoms with E-state index in [2.05, 4.69) is 0 Å². The minimum atomic E-state index is -3.77. The monoisotopic (exact) mass is 306 g/mol. The molecule has 0 saturated carbocycles. The van der Waals surface area contributed by atoms with Gasteiger partial charge in [-0.3, -0.25) is 10.1 Å². The van der Waals surface area contributed by atoms with E-state index in [1.54, 1.807) is 11.8 Å². The van der Waals surface area contributed by atoms with Gasteiger partial charge in [0, 0.05) is 36.7 Å². The van der Waals surface area contributed by atoms with Gasteiger partial charge in [-0.15, -0.1) is 0 Å². The Morgan fingerprint density at radius 3 is 2.47 bits per heavy atom. The molecule has 6 nitrogen and oxygen atoms in total. The van der Waals surface area contributed by atoms with Crippen LogP contribution in [0.15, 0.2) is 23.1 Å². The lowest BCUT2D eigenvalue weighted by molar-refractivity contribution is -0.387. The Kier molecular flexibility index (Phi) is 4.07. The molecule has 1 aromatic carbocycles. The number of nitro benzene ring substituents is 1. The standard InChI is InChI=1S/C10H11FN2O4S2/c11-9-7-8(1-2-10(9)13(14)15)19(16,17)12-3-5-18-6-4-12/h1-2,7H,3-6H2. The Labute approximate surface area is 113 Å². The smallest absolute Gasteiger partial charge is 0.258 e. The Balaban J connectivity index is 2.35. The lowest BCUT2D eigenvalue weighted by Gasteiger charge is -2.25. The third-order valence-electron chi connectivity index (χ3n) is 2.72. The van der Waals surface area contributed by atoms with Crippen LogP contribution in [0, 0.1) is 15.9 Å². The summed E-state index contributed by atoms with van der Waals surface area (Å²) in [6, 6.07) is 2.65. The summed E-state index contributed by atoms with van der Waals surface area (Å²) >= 11 is 1.65. The van der Waals surface area contributed by atoms with Crippen LogP contribution in [0.1, 0.15) is 0 Å². The molecule has 19 heavy (non-hydrogen) atoms. The Morgan fingerprint density at radius 2 is 1.95 bits per heavy atom. The number of hydrogen-bond acceptors (Lipinski definition) is 5. The van der Waals surface area contributed by atoms with E-state index >= 15 is 0 Å². The van der Waals surface area contributed by atoms with E-state index in [0.717, 1.165) is 12.1 Å². The summed E-state index contributed by atoms with van der Waals surface area (Å²) < 4.78 is 39.1. The van der Waals surface area contributed by atoms with Crippen molar-refractivity contribution >= 4 is 27.5 Å². The average Bonchev–Trinajstić information content (AvgIpc) is 2.39. The largest absolute Gasteiger partial charge is 0.304 e. The maximum atomic E-state index is 13.5. The molecule has 1 saturated heterocycles. The third-order valence-corrected chi connectivity index (χ3v) is 5.56. The van der Waals surface area contributed by atoms with Gasteiger partial charge in [0.2, 0.25) is 15.8 Å². The summed E-state index contributed by atoms with van der Waals surface area (Å²) in [6.45, 7) is 0.733. The van der Waals surface area contributed by atoms with Gasteiger partial charge in [-0.05, 0) is 6.07 Å². The first-order valence-electron chi connectivity index (χ1n) is 5.45. The summed E-state index contributed by atoms with van der Waals surface area (Å²) in [6.07, 6.45) is 0. The highest BCUT2D eigenvalue weighted by Crippen LogP contribution is 2.24. The minimum absolute atomic E-state index is 0.248. The van der Waals surface area contributed by atoms with Crippen LogP contribution in [0.4, 0.5) is 10.1 Å². The number of nitro groups is 1. The summed E-state index contributed by atoms with van der Waals surface area (Å²) in [5.74, 6) is 0.237. The van der Waals surface area contributed by atoms with Gasteiger partial charge in [-0.25, -0.2) is 8.42 Å². The summed E-state index contributed by atoms with van der Waals surface area (Å²) in [7, 11) is -3.77. The van der Waals surface area contributed by atoms with E-state index in [1.807, 2.05) is 0 Å². The molecule has 2 rings (SSSR count). The number of nitrogens with zero attached hydrogens (tertiary/aromatic N) is 2.